The third kappa shape index (κ3) is 3.51. The van der Waals surface area contributed by atoms with Crippen LogP contribution in [0.1, 0.15) is 34.1 Å². The molecule has 1 atom stereocenters. The molecule has 0 saturated carbocycles. The first-order valence-corrected chi connectivity index (χ1v) is 10.3. The van der Waals surface area contributed by atoms with Crippen LogP contribution in [-0.2, 0) is 22.9 Å². The number of carbonyl (C=O) groups is 1. The molecule has 0 aliphatic heterocycles. The molecule has 3 rings (SSSR count). The number of carbonyl (C=O) groups excluding carboxylic acids is 1. The smallest absolute Gasteiger partial charge is 0.265 e. The Hall–Kier alpha value is -1.64. The van der Waals surface area contributed by atoms with Crippen LogP contribution in [0.5, 0.6) is 0 Å². The molecule has 0 spiro atoms. The predicted octanol–water partition coefficient (Wildman–Crippen LogP) is 3.57. The molecule has 5 nitrogen and oxygen atoms in total. The van der Waals surface area contributed by atoms with E-state index in [0.29, 0.717) is 12.3 Å². The van der Waals surface area contributed by atoms with Crippen LogP contribution >= 0.6 is 22.9 Å². The van der Waals surface area contributed by atoms with Crippen molar-refractivity contribution in [1.29, 1.82) is 0 Å². The molecular weight excluding hydrogens is 387 g/mol. The van der Waals surface area contributed by atoms with E-state index < -0.39 is 26.6 Å². The van der Waals surface area contributed by atoms with Crippen LogP contribution in [0.4, 0.5) is 9.39 Å². The van der Waals surface area contributed by atoms with Crippen molar-refractivity contribution in [3.8, 4) is 0 Å². The van der Waals surface area contributed by atoms with E-state index in [4.69, 9.17) is 17.3 Å². The van der Waals surface area contributed by atoms with Crippen molar-refractivity contribution >= 4 is 43.9 Å². The normalized spacial score (nSPS) is 17.2. The minimum absolute atomic E-state index is 0.0925. The third-order valence-corrected chi connectivity index (χ3v) is 7.09. The van der Waals surface area contributed by atoms with Crippen LogP contribution in [0.25, 0.3) is 0 Å². The van der Waals surface area contributed by atoms with E-state index in [1.54, 1.807) is 0 Å². The number of halogens is 2. The van der Waals surface area contributed by atoms with Gasteiger partial charge >= 0.3 is 0 Å². The number of rotatable bonds is 4. The highest BCUT2D eigenvalue weighted by Gasteiger charge is 2.29. The third-order valence-electron chi connectivity index (χ3n) is 4.17. The van der Waals surface area contributed by atoms with Crippen LogP contribution in [0.3, 0.4) is 0 Å². The lowest BCUT2D eigenvalue weighted by Gasteiger charge is -2.18. The van der Waals surface area contributed by atoms with Gasteiger partial charge in [0.05, 0.1) is 5.56 Å². The fraction of sp³-hybridized carbons (Fsp3) is 0.312. The molecule has 0 fully saturated rings. The molecule has 2 aromatic rings. The molecule has 1 aliphatic rings. The van der Waals surface area contributed by atoms with Crippen molar-refractivity contribution in [3.63, 3.8) is 0 Å². The number of amides is 1. The van der Waals surface area contributed by atoms with E-state index >= 15 is 0 Å². The SMILES string of the molecule is C[C@@H]1CCc2c(sc(NS(=O)(=O)c3ccc(Cl)cc3F)c2C(N)=O)C1. The van der Waals surface area contributed by atoms with Gasteiger partial charge in [-0.2, -0.15) is 0 Å². The van der Waals surface area contributed by atoms with Gasteiger partial charge in [0.15, 0.2) is 0 Å². The van der Waals surface area contributed by atoms with Crippen LogP contribution < -0.4 is 10.5 Å². The molecule has 134 valence electrons. The van der Waals surface area contributed by atoms with Gasteiger partial charge in [0, 0.05) is 9.90 Å². The maximum Gasteiger partial charge on any atom is 0.265 e. The highest BCUT2D eigenvalue weighted by Crippen LogP contribution is 2.40. The molecule has 9 heteroatoms. The molecule has 0 radical (unpaired) electrons. The lowest BCUT2D eigenvalue weighted by atomic mass is 9.88. The summed E-state index contributed by atoms with van der Waals surface area (Å²) in [4.78, 5) is 12.3. The number of sulfonamides is 1. The number of hydrogen-bond acceptors (Lipinski definition) is 4. The van der Waals surface area contributed by atoms with Crippen molar-refractivity contribution in [2.45, 2.75) is 31.1 Å². The van der Waals surface area contributed by atoms with E-state index in [2.05, 4.69) is 11.6 Å². The number of primary amides is 1. The molecule has 1 amide bonds. The zero-order valence-electron chi connectivity index (χ0n) is 13.3. The zero-order valence-corrected chi connectivity index (χ0v) is 15.7. The van der Waals surface area contributed by atoms with Gasteiger partial charge < -0.3 is 5.73 Å². The Morgan fingerprint density at radius 3 is 2.80 bits per heavy atom. The van der Waals surface area contributed by atoms with E-state index in [0.717, 1.165) is 35.4 Å². The second kappa shape index (κ2) is 6.59. The fourth-order valence-electron chi connectivity index (χ4n) is 2.95. The Bertz CT molecular complexity index is 957. The number of nitrogens with one attached hydrogen (secondary N) is 1. The van der Waals surface area contributed by atoms with E-state index in [1.807, 2.05) is 0 Å². The van der Waals surface area contributed by atoms with Crippen molar-refractivity contribution in [1.82, 2.24) is 0 Å². The van der Waals surface area contributed by atoms with Gasteiger partial charge in [-0.15, -0.1) is 11.3 Å². The lowest BCUT2D eigenvalue weighted by Crippen LogP contribution is -2.20. The van der Waals surface area contributed by atoms with Crippen molar-refractivity contribution in [2.24, 2.45) is 11.7 Å². The maximum atomic E-state index is 14.0. The first-order chi connectivity index (χ1) is 11.7. The van der Waals surface area contributed by atoms with Crippen LogP contribution in [-0.4, -0.2) is 14.3 Å². The van der Waals surface area contributed by atoms with Crippen LogP contribution in [0.2, 0.25) is 5.02 Å². The van der Waals surface area contributed by atoms with Gasteiger partial charge in [0.2, 0.25) is 0 Å². The molecule has 1 heterocycles. The largest absolute Gasteiger partial charge is 0.365 e. The Morgan fingerprint density at radius 2 is 2.16 bits per heavy atom. The first-order valence-electron chi connectivity index (χ1n) is 7.61. The summed E-state index contributed by atoms with van der Waals surface area (Å²) in [5.74, 6) is -1.21. The predicted molar refractivity (Wildman–Crippen MR) is 96.2 cm³/mol. The molecular formula is C16H16ClFN2O3S2. The Labute approximate surface area is 154 Å². The Kier molecular flexibility index (Phi) is 4.78. The van der Waals surface area contributed by atoms with E-state index in [9.17, 15) is 17.6 Å². The number of anilines is 1. The minimum Gasteiger partial charge on any atom is -0.365 e. The maximum absolute atomic E-state index is 14.0. The van der Waals surface area contributed by atoms with E-state index in [1.165, 1.54) is 17.4 Å². The molecule has 3 N–H and O–H groups in total. The number of thiophene rings is 1. The van der Waals surface area contributed by atoms with E-state index in [-0.39, 0.29) is 15.6 Å². The zero-order chi connectivity index (χ0) is 18.4. The van der Waals surface area contributed by atoms with Crippen molar-refractivity contribution in [3.05, 3.63) is 45.0 Å². The average Bonchev–Trinajstić information content (AvgIpc) is 2.82. The number of nitrogens with two attached hydrogens (primary N) is 1. The Balaban J connectivity index is 2.04. The van der Waals surface area contributed by atoms with Gasteiger partial charge in [-0.25, -0.2) is 12.8 Å². The molecule has 1 aromatic heterocycles. The summed E-state index contributed by atoms with van der Waals surface area (Å²) in [6.07, 6.45) is 2.33. The molecule has 0 bridgehead atoms. The lowest BCUT2D eigenvalue weighted by molar-refractivity contribution is 0.100. The summed E-state index contributed by atoms with van der Waals surface area (Å²) in [7, 11) is -4.21. The quantitative estimate of drug-likeness (QED) is 0.819. The average molecular weight is 403 g/mol. The van der Waals surface area contributed by atoms with Gasteiger partial charge in [-0.05, 0) is 48.9 Å². The standard InChI is InChI=1S/C16H16ClFN2O3S2/c1-8-2-4-10-12(6-8)24-16(14(10)15(19)21)20-25(22,23)13-5-3-9(17)7-11(13)18/h3,5,7-8,20H,2,4,6H2,1H3,(H2,19,21)/t8-/m1/s1. The summed E-state index contributed by atoms with van der Waals surface area (Å²) >= 11 is 6.85. The summed E-state index contributed by atoms with van der Waals surface area (Å²) < 4.78 is 41.4. The summed E-state index contributed by atoms with van der Waals surface area (Å²) in [5, 5.41) is 0.232. The number of benzene rings is 1. The number of fused-ring (bicyclic) bond motifs is 1. The first kappa shape index (κ1) is 18.2. The van der Waals surface area contributed by atoms with Crippen molar-refractivity contribution < 1.29 is 17.6 Å². The molecule has 25 heavy (non-hydrogen) atoms. The number of hydrogen-bond donors (Lipinski definition) is 2. The second-order valence-electron chi connectivity index (χ2n) is 6.10. The topological polar surface area (TPSA) is 89.3 Å². The molecule has 0 unspecified atom stereocenters. The van der Waals surface area contributed by atoms with Crippen molar-refractivity contribution in [2.75, 3.05) is 4.72 Å². The van der Waals surface area contributed by atoms with Gasteiger partial charge in [-0.1, -0.05) is 18.5 Å². The van der Waals surface area contributed by atoms with Crippen LogP contribution in [0.15, 0.2) is 23.1 Å². The summed E-state index contributed by atoms with van der Waals surface area (Å²) in [6.45, 7) is 2.10. The fourth-order valence-corrected chi connectivity index (χ4v) is 5.89. The summed E-state index contributed by atoms with van der Waals surface area (Å²) in [6, 6.07) is 3.29. The highest BCUT2D eigenvalue weighted by molar-refractivity contribution is 7.93. The highest BCUT2D eigenvalue weighted by atomic mass is 35.5. The molecule has 1 aliphatic carbocycles. The van der Waals surface area contributed by atoms with Gasteiger partial charge in [0.1, 0.15) is 15.7 Å². The monoisotopic (exact) mass is 402 g/mol. The Morgan fingerprint density at radius 1 is 1.44 bits per heavy atom. The van der Waals surface area contributed by atoms with Gasteiger partial charge in [-0.3, -0.25) is 9.52 Å². The molecule has 0 saturated heterocycles. The second-order valence-corrected chi connectivity index (χ2v) is 9.29. The summed E-state index contributed by atoms with van der Waals surface area (Å²) in [5.41, 5.74) is 6.45. The minimum atomic E-state index is -4.21. The van der Waals surface area contributed by atoms with Crippen LogP contribution in [0, 0.1) is 11.7 Å². The van der Waals surface area contributed by atoms with Gasteiger partial charge in [0.25, 0.3) is 15.9 Å². The molecule has 1 aromatic carbocycles.